The number of likely N-dealkylation sites (tertiary alicyclic amines) is 1. The summed E-state index contributed by atoms with van der Waals surface area (Å²) < 4.78 is 6.09. The van der Waals surface area contributed by atoms with Crippen LogP contribution in [0.5, 0.6) is 11.5 Å². The van der Waals surface area contributed by atoms with Crippen LogP contribution in [0, 0.1) is 5.92 Å². The molecule has 5 rings (SSSR count). The molecular weight excluding hydrogens is 378 g/mol. The van der Waals surface area contributed by atoms with Gasteiger partial charge in [-0.05, 0) is 38.1 Å². The minimum atomic E-state index is -1.08. The number of likely N-dealkylation sites (N-methyl/N-ethyl adjacent to an activating group) is 1. The molecule has 8 heteroatoms. The SMILES string of the molecule is CN1CC[C@]23c4c5ccc(O)c4O[C@H]2[C@@H](O)C=C[C@H]3[C@H]1C5.O=C(O)CCC(=O)O. The third-order valence-corrected chi connectivity index (χ3v) is 6.70. The van der Waals surface area contributed by atoms with Crippen LogP contribution in [-0.4, -0.2) is 69.1 Å². The predicted octanol–water partition coefficient (Wildman–Crippen LogP) is 1.13. The number of piperidine rings is 1. The topological polar surface area (TPSA) is 128 Å². The zero-order valence-corrected chi connectivity index (χ0v) is 16.1. The normalized spacial score (nSPS) is 33.2. The summed E-state index contributed by atoms with van der Waals surface area (Å²) in [6.07, 6.45) is 4.59. The molecule has 1 aromatic rings. The molecule has 4 N–H and O–H groups in total. The first kappa shape index (κ1) is 19.7. The van der Waals surface area contributed by atoms with Crippen LogP contribution in [0.15, 0.2) is 24.3 Å². The second-order valence-electron chi connectivity index (χ2n) is 8.22. The van der Waals surface area contributed by atoms with Crippen LogP contribution in [0.1, 0.15) is 30.4 Å². The van der Waals surface area contributed by atoms with Crippen molar-refractivity contribution in [2.24, 2.45) is 5.92 Å². The number of hydrogen-bond donors (Lipinski definition) is 4. The molecule has 0 saturated carbocycles. The Hall–Kier alpha value is -2.58. The van der Waals surface area contributed by atoms with Crippen molar-refractivity contribution in [3.05, 3.63) is 35.4 Å². The van der Waals surface area contributed by atoms with E-state index in [2.05, 4.69) is 18.0 Å². The summed E-state index contributed by atoms with van der Waals surface area (Å²) in [5.41, 5.74) is 2.29. The highest BCUT2D eigenvalue weighted by Crippen LogP contribution is 2.62. The van der Waals surface area contributed by atoms with Crippen molar-refractivity contribution in [3.63, 3.8) is 0 Å². The van der Waals surface area contributed by atoms with Gasteiger partial charge in [0.05, 0.1) is 12.8 Å². The molecule has 29 heavy (non-hydrogen) atoms. The fraction of sp³-hybridized carbons (Fsp3) is 0.524. The molecule has 0 amide bonds. The maximum absolute atomic E-state index is 10.4. The molecule has 2 heterocycles. The summed E-state index contributed by atoms with van der Waals surface area (Å²) in [6.45, 7) is 1.01. The first-order valence-electron chi connectivity index (χ1n) is 9.78. The number of hydrogen-bond acceptors (Lipinski definition) is 6. The van der Waals surface area contributed by atoms with Crippen LogP contribution in [-0.2, 0) is 21.4 Å². The lowest BCUT2D eigenvalue weighted by atomic mass is 9.53. The second kappa shape index (κ2) is 7.03. The van der Waals surface area contributed by atoms with Gasteiger partial charge in [-0.3, -0.25) is 9.59 Å². The van der Waals surface area contributed by atoms with Crippen molar-refractivity contribution >= 4 is 11.9 Å². The Morgan fingerprint density at radius 1 is 1.21 bits per heavy atom. The number of rotatable bonds is 3. The molecule has 1 aromatic carbocycles. The molecule has 1 spiro atoms. The summed E-state index contributed by atoms with van der Waals surface area (Å²) in [5.74, 6) is -0.964. The first-order valence-corrected chi connectivity index (χ1v) is 9.78. The highest BCUT2D eigenvalue weighted by Gasteiger charge is 2.64. The number of carboxylic acid groups (broad SMARTS) is 2. The number of phenolic OH excluding ortho intramolecular Hbond substituents is 1. The zero-order valence-electron chi connectivity index (χ0n) is 16.1. The molecule has 1 fully saturated rings. The van der Waals surface area contributed by atoms with Gasteiger partial charge in [-0.15, -0.1) is 0 Å². The van der Waals surface area contributed by atoms with Crippen molar-refractivity contribution in [3.8, 4) is 11.5 Å². The summed E-state index contributed by atoms with van der Waals surface area (Å²) in [4.78, 5) is 21.7. The van der Waals surface area contributed by atoms with Crippen molar-refractivity contribution in [2.45, 2.75) is 49.3 Å². The third kappa shape index (κ3) is 2.98. The van der Waals surface area contributed by atoms with E-state index in [1.165, 1.54) is 11.1 Å². The van der Waals surface area contributed by atoms with Crippen LogP contribution in [0.2, 0.25) is 0 Å². The van der Waals surface area contributed by atoms with Gasteiger partial charge in [0.1, 0.15) is 12.2 Å². The van der Waals surface area contributed by atoms with Crippen molar-refractivity contribution < 1.29 is 34.8 Å². The van der Waals surface area contributed by atoms with Gasteiger partial charge in [0, 0.05) is 22.9 Å². The van der Waals surface area contributed by atoms with Crippen LogP contribution in [0.3, 0.4) is 0 Å². The van der Waals surface area contributed by atoms with Gasteiger partial charge in [-0.25, -0.2) is 0 Å². The summed E-state index contributed by atoms with van der Waals surface area (Å²) in [7, 11) is 2.19. The van der Waals surface area contributed by atoms with E-state index >= 15 is 0 Å². The standard InChI is InChI=1S/C17H19NO3.C4H6O4/c1-18-7-6-17-10-3-5-13(20)16(17)21-15-12(19)4-2-9(14(15)17)8-11(10)18;5-3(6)1-2-4(7)8/h2-5,10-11,13,16,19-20H,6-8H2,1H3;1-2H2,(H,5,6)(H,7,8)/t10-,11+,13-,16-,17-;/m0./s1. The number of aliphatic hydroxyl groups excluding tert-OH is 1. The van der Waals surface area contributed by atoms with Gasteiger partial charge in [-0.1, -0.05) is 18.2 Å². The third-order valence-electron chi connectivity index (χ3n) is 6.70. The minimum absolute atomic E-state index is 0.160. The Balaban J connectivity index is 0.000000221. The number of benzene rings is 1. The lowest BCUT2D eigenvalue weighted by Crippen LogP contribution is -2.64. The lowest BCUT2D eigenvalue weighted by molar-refractivity contribution is -0.143. The number of aliphatic hydroxyl groups is 1. The molecule has 156 valence electrons. The maximum Gasteiger partial charge on any atom is 0.303 e. The fourth-order valence-electron chi connectivity index (χ4n) is 5.45. The van der Waals surface area contributed by atoms with E-state index in [1.54, 1.807) is 6.07 Å². The lowest BCUT2D eigenvalue weighted by Gasteiger charge is -2.56. The molecule has 4 aliphatic rings. The number of aromatic hydroxyl groups is 1. The van der Waals surface area contributed by atoms with Gasteiger partial charge in [0.15, 0.2) is 11.5 Å². The van der Waals surface area contributed by atoms with Gasteiger partial charge in [0.2, 0.25) is 0 Å². The monoisotopic (exact) mass is 403 g/mol. The van der Waals surface area contributed by atoms with E-state index in [0.717, 1.165) is 19.4 Å². The Kier molecular flexibility index (Phi) is 4.78. The molecule has 2 bridgehead atoms. The maximum atomic E-state index is 10.4. The first-order chi connectivity index (χ1) is 13.8. The van der Waals surface area contributed by atoms with E-state index in [1.807, 2.05) is 12.1 Å². The van der Waals surface area contributed by atoms with Gasteiger partial charge >= 0.3 is 11.9 Å². The van der Waals surface area contributed by atoms with E-state index in [0.29, 0.717) is 17.7 Å². The van der Waals surface area contributed by atoms with Gasteiger partial charge in [0.25, 0.3) is 0 Å². The average molecular weight is 403 g/mol. The van der Waals surface area contributed by atoms with E-state index in [9.17, 15) is 19.8 Å². The Morgan fingerprint density at radius 3 is 2.55 bits per heavy atom. The summed E-state index contributed by atoms with van der Waals surface area (Å²) in [6, 6.07) is 4.23. The molecule has 0 aromatic heterocycles. The number of aliphatic carboxylic acids is 2. The quantitative estimate of drug-likeness (QED) is 0.553. The molecule has 2 aliphatic heterocycles. The van der Waals surface area contributed by atoms with Crippen LogP contribution in [0.4, 0.5) is 0 Å². The van der Waals surface area contributed by atoms with E-state index in [4.69, 9.17) is 14.9 Å². The Bertz CT molecular complexity index is 868. The summed E-state index contributed by atoms with van der Waals surface area (Å²) in [5, 5.41) is 36.4. The van der Waals surface area contributed by atoms with Crippen molar-refractivity contribution in [2.75, 3.05) is 13.6 Å². The van der Waals surface area contributed by atoms with Crippen molar-refractivity contribution in [1.82, 2.24) is 4.90 Å². The predicted molar refractivity (Wildman–Crippen MR) is 102 cm³/mol. The fourth-order valence-corrected chi connectivity index (χ4v) is 5.45. The van der Waals surface area contributed by atoms with E-state index in [-0.39, 0.29) is 30.1 Å². The number of ether oxygens (including phenoxy) is 1. The second-order valence-corrected chi connectivity index (χ2v) is 8.22. The van der Waals surface area contributed by atoms with Crippen LogP contribution in [0.25, 0.3) is 0 Å². The largest absolute Gasteiger partial charge is 0.504 e. The van der Waals surface area contributed by atoms with Gasteiger partial charge in [-0.2, -0.15) is 0 Å². The van der Waals surface area contributed by atoms with Crippen LogP contribution < -0.4 is 4.74 Å². The zero-order chi connectivity index (χ0) is 20.9. The average Bonchev–Trinajstić information content (AvgIpc) is 3.03. The number of carboxylic acids is 2. The Morgan fingerprint density at radius 2 is 1.90 bits per heavy atom. The summed E-state index contributed by atoms with van der Waals surface area (Å²) >= 11 is 0. The van der Waals surface area contributed by atoms with Gasteiger partial charge < -0.3 is 30.1 Å². The number of phenols is 1. The van der Waals surface area contributed by atoms with Crippen molar-refractivity contribution in [1.29, 1.82) is 0 Å². The molecule has 1 saturated heterocycles. The Labute approximate surface area is 168 Å². The van der Waals surface area contributed by atoms with E-state index < -0.39 is 18.0 Å². The molecule has 0 radical (unpaired) electrons. The highest BCUT2D eigenvalue weighted by atomic mass is 16.5. The minimum Gasteiger partial charge on any atom is -0.504 e. The molecule has 0 unspecified atom stereocenters. The molecule has 2 aliphatic carbocycles. The highest BCUT2D eigenvalue weighted by molar-refractivity contribution is 5.75. The molecule has 5 atom stereocenters. The number of carbonyl (C=O) groups is 2. The number of nitrogens with zero attached hydrogens (tertiary/aromatic N) is 1. The molecular formula is C21H25NO7. The van der Waals surface area contributed by atoms with Crippen LogP contribution >= 0.6 is 0 Å². The smallest absolute Gasteiger partial charge is 0.303 e. The molecule has 8 nitrogen and oxygen atoms in total.